The Balaban J connectivity index is 1.72. The predicted molar refractivity (Wildman–Crippen MR) is 115 cm³/mol. The normalized spacial score (nSPS) is 10.3. The number of carbonyl (C=O) groups is 1. The monoisotopic (exact) mass is 411 g/mol. The molecule has 0 fully saturated rings. The van der Waals surface area contributed by atoms with E-state index in [0.717, 1.165) is 11.3 Å². The summed E-state index contributed by atoms with van der Waals surface area (Å²) in [5, 5.41) is 3.16. The lowest BCUT2D eigenvalue weighted by molar-refractivity contribution is 0.102. The molecule has 0 saturated heterocycles. The first-order chi connectivity index (χ1) is 14.0. The van der Waals surface area contributed by atoms with E-state index in [1.165, 1.54) is 7.11 Å². The first-order valence-electron chi connectivity index (χ1n) is 9.17. The van der Waals surface area contributed by atoms with Crippen molar-refractivity contribution in [1.29, 1.82) is 0 Å². The first kappa shape index (κ1) is 20.6. The molecule has 0 heterocycles. The summed E-state index contributed by atoms with van der Waals surface area (Å²) >= 11 is 6.25. The molecule has 1 amide bonds. The van der Waals surface area contributed by atoms with Gasteiger partial charge >= 0.3 is 0 Å². The van der Waals surface area contributed by atoms with Crippen molar-refractivity contribution in [3.63, 3.8) is 0 Å². The summed E-state index contributed by atoms with van der Waals surface area (Å²) in [5.41, 5.74) is 2.05. The zero-order valence-corrected chi connectivity index (χ0v) is 17.2. The second-order valence-electron chi connectivity index (χ2n) is 6.27. The van der Waals surface area contributed by atoms with Crippen molar-refractivity contribution in [2.24, 2.45) is 0 Å². The van der Waals surface area contributed by atoms with Gasteiger partial charge in [0.1, 0.15) is 11.5 Å². The minimum absolute atomic E-state index is 0.305. The molecule has 0 bridgehead atoms. The number of halogens is 1. The maximum Gasteiger partial charge on any atom is 0.255 e. The molecule has 0 atom stereocenters. The number of hydrogen-bond donors (Lipinski definition) is 1. The Bertz CT molecular complexity index is 1000. The van der Waals surface area contributed by atoms with Crippen LogP contribution in [0.4, 0.5) is 5.69 Å². The molecule has 0 unspecified atom stereocenters. The Hall–Kier alpha value is -3.18. The fourth-order valence-electron chi connectivity index (χ4n) is 2.74. The molecule has 3 aromatic carbocycles. The molecule has 5 nitrogen and oxygen atoms in total. The average Bonchev–Trinajstić information content (AvgIpc) is 2.72. The first-order valence-corrected chi connectivity index (χ1v) is 9.55. The summed E-state index contributed by atoms with van der Waals surface area (Å²) in [6.45, 7) is 4.28. The molecule has 1 N–H and O–H groups in total. The lowest BCUT2D eigenvalue weighted by Gasteiger charge is -2.13. The fraction of sp³-hybridized carbons (Fsp3) is 0.174. The van der Waals surface area contributed by atoms with E-state index >= 15 is 0 Å². The number of amides is 1. The van der Waals surface area contributed by atoms with Crippen LogP contribution < -0.4 is 19.5 Å². The Kier molecular flexibility index (Phi) is 6.62. The molecule has 3 aromatic rings. The zero-order valence-electron chi connectivity index (χ0n) is 16.5. The summed E-state index contributed by atoms with van der Waals surface area (Å²) in [6.07, 6.45) is 0. The van der Waals surface area contributed by atoms with Gasteiger partial charge in [-0.2, -0.15) is 0 Å². The van der Waals surface area contributed by atoms with Crippen LogP contribution in [0.1, 0.15) is 22.8 Å². The summed E-state index contributed by atoms with van der Waals surface area (Å²) < 4.78 is 16.7. The molecule has 0 aliphatic carbocycles. The van der Waals surface area contributed by atoms with Crippen molar-refractivity contribution < 1.29 is 19.0 Å². The van der Waals surface area contributed by atoms with Crippen LogP contribution in [-0.2, 0) is 0 Å². The van der Waals surface area contributed by atoms with E-state index < -0.39 is 0 Å². The van der Waals surface area contributed by atoms with Gasteiger partial charge in [-0.05, 0) is 61.9 Å². The van der Waals surface area contributed by atoms with Gasteiger partial charge in [0.2, 0.25) is 0 Å². The molecule has 29 heavy (non-hydrogen) atoms. The Labute approximate surface area is 175 Å². The molecule has 6 heteroatoms. The predicted octanol–water partition coefficient (Wildman–Crippen LogP) is 6.10. The summed E-state index contributed by atoms with van der Waals surface area (Å²) in [7, 11) is 1.50. The highest BCUT2D eigenvalue weighted by molar-refractivity contribution is 6.32. The van der Waals surface area contributed by atoms with Gasteiger partial charge < -0.3 is 19.5 Å². The van der Waals surface area contributed by atoms with Crippen LogP contribution in [0.25, 0.3) is 0 Å². The number of ether oxygens (including phenoxy) is 3. The molecular formula is C23H22ClNO4. The number of anilines is 1. The molecule has 150 valence electrons. The summed E-state index contributed by atoms with van der Waals surface area (Å²) in [5.74, 6) is 2.00. The Morgan fingerprint density at radius 1 is 1.03 bits per heavy atom. The van der Waals surface area contributed by atoms with E-state index in [9.17, 15) is 4.79 Å². The van der Waals surface area contributed by atoms with Gasteiger partial charge in [0, 0.05) is 11.3 Å². The van der Waals surface area contributed by atoms with Gasteiger partial charge in [-0.3, -0.25) is 4.79 Å². The van der Waals surface area contributed by atoms with Gasteiger partial charge in [-0.25, -0.2) is 0 Å². The highest BCUT2D eigenvalue weighted by atomic mass is 35.5. The van der Waals surface area contributed by atoms with E-state index in [1.807, 2.05) is 38.1 Å². The van der Waals surface area contributed by atoms with Crippen LogP contribution in [0.15, 0.2) is 60.7 Å². The van der Waals surface area contributed by atoms with Crippen molar-refractivity contribution in [2.75, 3.05) is 19.0 Å². The van der Waals surface area contributed by atoms with Crippen molar-refractivity contribution >= 4 is 23.2 Å². The van der Waals surface area contributed by atoms with Crippen molar-refractivity contribution in [3.05, 3.63) is 76.8 Å². The average molecular weight is 412 g/mol. The van der Waals surface area contributed by atoms with Crippen molar-refractivity contribution in [2.45, 2.75) is 13.8 Å². The second-order valence-corrected chi connectivity index (χ2v) is 6.68. The largest absolute Gasteiger partial charge is 0.493 e. The number of para-hydroxylation sites is 1. The quantitative estimate of drug-likeness (QED) is 0.510. The number of rotatable bonds is 7. The van der Waals surface area contributed by atoms with Gasteiger partial charge in [0.25, 0.3) is 5.91 Å². The minimum Gasteiger partial charge on any atom is -0.493 e. The summed E-state index contributed by atoms with van der Waals surface area (Å²) in [4.78, 5) is 12.6. The summed E-state index contributed by atoms with van der Waals surface area (Å²) in [6, 6.07) is 18.1. The third-order valence-corrected chi connectivity index (χ3v) is 4.49. The van der Waals surface area contributed by atoms with Gasteiger partial charge in [-0.1, -0.05) is 29.8 Å². The molecule has 0 radical (unpaired) electrons. The molecule has 0 aromatic heterocycles. The van der Waals surface area contributed by atoms with Crippen molar-refractivity contribution in [3.8, 4) is 23.0 Å². The van der Waals surface area contributed by atoms with Crippen LogP contribution in [-0.4, -0.2) is 19.6 Å². The van der Waals surface area contributed by atoms with E-state index in [2.05, 4.69) is 5.32 Å². The number of hydrogen-bond acceptors (Lipinski definition) is 4. The Morgan fingerprint density at radius 2 is 1.76 bits per heavy atom. The third-order valence-electron chi connectivity index (χ3n) is 4.21. The molecular weight excluding hydrogens is 390 g/mol. The van der Waals surface area contributed by atoms with Crippen LogP contribution in [0.2, 0.25) is 5.02 Å². The standard InChI is InChI=1S/C23H22ClNO4/c1-4-28-22-19(24)13-16(14-21(22)27-3)23(26)25-17-9-11-18(12-10-17)29-20-8-6-5-7-15(20)2/h5-14H,4H2,1-3H3,(H,25,26). The van der Waals surface area contributed by atoms with E-state index in [0.29, 0.717) is 40.1 Å². The second kappa shape index (κ2) is 9.34. The molecule has 0 aliphatic rings. The highest BCUT2D eigenvalue weighted by Crippen LogP contribution is 2.36. The van der Waals surface area contributed by atoms with Gasteiger partial charge in [0.15, 0.2) is 11.5 Å². The molecule has 0 saturated carbocycles. The zero-order chi connectivity index (χ0) is 20.8. The molecule has 3 rings (SSSR count). The third kappa shape index (κ3) is 5.00. The highest BCUT2D eigenvalue weighted by Gasteiger charge is 2.16. The van der Waals surface area contributed by atoms with Crippen LogP contribution >= 0.6 is 11.6 Å². The minimum atomic E-state index is -0.305. The fourth-order valence-corrected chi connectivity index (χ4v) is 3.01. The number of benzene rings is 3. The van der Waals surface area contributed by atoms with Gasteiger partial charge in [0.05, 0.1) is 18.7 Å². The van der Waals surface area contributed by atoms with E-state index in [4.69, 9.17) is 25.8 Å². The van der Waals surface area contributed by atoms with E-state index in [1.54, 1.807) is 36.4 Å². The maximum atomic E-state index is 12.6. The van der Waals surface area contributed by atoms with Crippen LogP contribution in [0.5, 0.6) is 23.0 Å². The maximum absolute atomic E-state index is 12.6. The Morgan fingerprint density at radius 3 is 2.41 bits per heavy atom. The number of nitrogens with one attached hydrogen (secondary N) is 1. The van der Waals surface area contributed by atoms with Crippen LogP contribution in [0.3, 0.4) is 0 Å². The molecule has 0 aliphatic heterocycles. The number of aryl methyl sites for hydroxylation is 1. The smallest absolute Gasteiger partial charge is 0.255 e. The lowest BCUT2D eigenvalue weighted by Crippen LogP contribution is -2.12. The van der Waals surface area contributed by atoms with E-state index in [-0.39, 0.29) is 5.91 Å². The van der Waals surface area contributed by atoms with Gasteiger partial charge in [-0.15, -0.1) is 0 Å². The number of methoxy groups -OCH3 is 1. The lowest BCUT2D eigenvalue weighted by atomic mass is 10.1. The van der Waals surface area contributed by atoms with Crippen LogP contribution in [0, 0.1) is 6.92 Å². The van der Waals surface area contributed by atoms with Crippen molar-refractivity contribution in [1.82, 2.24) is 0 Å². The molecule has 0 spiro atoms. The SMILES string of the molecule is CCOc1c(Cl)cc(C(=O)Nc2ccc(Oc3ccccc3C)cc2)cc1OC. The topological polar surface area (TPSA) is 56.8 Å². The number of carbonyl (C=O) groups excluding carboxylic acids is 1.